The lowest BCUT2D eigenvalue weighted by Crippen LogP contribution is -2.00. The summed E-state index contributed by atoms with van der Waals surface area (Å²) in [4.78, 5) is 12.3. The van der Waals surface area contributed by atoms with Gasteiger partial charge in [0.2, 0.25) is 0 Å². The number of hydrogen-bond donors (Lipinski definition) is 0. The highest BCUT2D eigenvalue weighted by molar-refractivity contribution is 7.71. The van der Waals surface area contributed by atoms with Crippen molar-refractivity contribution in [2.45, 2.75) is 0 Å². The summed E-state index contributed by atoms with van der Waals surface area (Å²) >= 11 is 5.40. The van der Waals surface area contributed by atoms with Gasteiger partial charge in [-0.1, -0.05) is 24.3 Å². The summed E-state index contributed by atoms with van der Waals surface area (Å²) in [5.41, 5.74) is 1.99. The van der Waals surface area contributed by atoms with Crippen LogP contribution in [0.5, 0.6) is 5.75 Å². The Hall–Kier alpha value is -2.92. The van der Waals surface area contributed by atoms with Gasteiger partial charge in [-0.15, -0.1) is 0 Å². The second-order valence-corrected chi connectivity index (χ2v) is 5.68. The molecule has 0 aliphatic carbocycles. The molecular formula is C19H12O4S. The molecular weight excluding hydrogens is 324 g/mol. The van der Waals surface area contributed by atoms with Crippen molar-refractivity contribution in [1.29, 1.82) is 0 Å². The molecule has 118 valence electrons. The first-order valence-corrected chi connectivity index (χ1v) is 7.72. The van der Waals surface area contributed by atoms with Gasteiger partial charge < -0.3 is 13.6 Å². The Morgan fingerprint density at radius 2 is 1.71 bits per heavy atom. The second-order valence-electron chi connectivity index (χ2n) is 5.30. The highest BCUT2D eigenvalue weighted by Gasteiger charge is 2.13. The highest BCUT2D eigenvalue weighted by atomic mass is 32.1. The van der Waals surface area contributed by atoms with Crippen LogP contribution in [0.1, 0.15) is 0 Å². The predicted molar refractivity (Wildman–Crippen MR) is 95.1 cm³/mol. The second kappa shape index (κ2) is 5.62. The Balaban J connectivity index is 2.03. The number of fused-ring (bicyclic) bond motifs is 3. The molecule has 0 atom stereocenters. The molecule has 0 N–H and O–H groups in total. The summed E-state index contributed by atoms with van der Waals surface area (Å²) in [7, 11) is 1.61. The molecule has 0 spiro atoms. The maximum atomic E-state index is 12.3. The van der Waals surface area contributed by atoms with Crippen molar-refractivity contribution in [1.82, 2.24) is 0 Å². The molecule has 0 saturated carbocycles. The Kier molecular flexibility index (Phi) is 3.43. The van der Waals surface area contributed by atoms with Crippen LogP contribution in [-0.2, 0) is 0 Å². The third kappa shape index (κ3) is 2.30. The van der Waals surface area contributed by atoms with E-state index >= 15 is 0 Å². The van der Waals surface area contributed by atoms with E-state index in [0.29, 0.717) is 26.8 Å². The van der Waals surface area contributed by atoms with E-state index in [9.17, 15) is 4.79 Å². The Morgan fingerprint density at radius 3 is 2.46 bits per heavy atom. The normalized spacial score (nSPS) is 11.0. The molecule has 0 unspecified atom stereocenters. The van der Waals surface area contributed by atoms with Crippen LogP contribution in [0.4, 0.5) is 0 Å². The van der Waals surface area contributed by atoms with Gasteiger partial charge in [0.1, 0.15) is 16.7 Å². The van der Waals surface area contributed by atoms with Crippen LogP contribution in [0.2, 0.25) is 0 Å². The minimum atomic E-state index is -0.447. The number of methoxy groups -OCH3 is 1. The summed E-state index contributed by atoms with van der Waals surface area (Å²) in [6.07, 6.45) is 0. The average Bonchev–Trinajstić information content (AvgIpc) is 2.61. The Morgan fingerprint density at radius 1 is 0.958 bits per heavy atom. The van der Waals surface area contributed by atoms with Crippen molar-refractivity contribution in [2.24, 2.45) is 0 Å². The molecule has 24 heavy (non-hydrogen) atoms. The summed E-state index contributed by atoms with van der Waals surface area (Å²) < 4.78 is 16.7. The molecule has 4 aromatic rings. The van der Waals surface area contributed by atoms with Crippen LogP contribution in [0, 0.1) is 4.71 Å². The van der Waals surface area contributed by atoms with Crippen molar-refractivity contribution in [2.75, 3.05) is 7.11 Å². The van der Waals surface area contributed by atoms with E-state index in [2.05, 4.69) is 0 Å². The zero-order valence-corrected chi connectivity index (χ0v) is 13.6. The predicted octanol–water partition coefficient (Wildman–Crippen LogP) is 4.94. The van der Waals surface area contributed by atoms with E-state index in [1.165, 1.54) is 0 Å². The van der Waals surface area contributed by atoms with Gasteiger partial charge in [0, 0.05) is 5.56 Å². The number of hydrogen-bond acceptors (Lipinski definition) is 5. The molecule has 4 rings (SSSR count). The third-order valence-corrected chi connectivity index (χ3v) is 4.21. The maximum Gasteiger partial charge on any atom is 0.347 e. The van der Waals surface area contributed by atoms with E-state index in [1.54, 1.807) is 25.3 Å². The van der Waals surface area contributed by atoms with Gasteiger partial charge in [-0.25, -0.2) is 4.79 Å². The molecule has 0 fully saturated rings. The fraction of sp³-hybridized carbons (Fsp3) is 0.0526. The summed E-state index contributed by atoms with van der Waals surface area (Å²) in [5.74, 6) is 0.743. The van der Waals surface area contributed by atoms with Gasteiger partial charge in [-0.3, -0.25) is 0 Å². The molecule has 0 bridgehead atoms. The van der Waals surface area contributed by atoms with Gasteiger partial charge >= 0.3 is 5.63 Å². The SMILES string of the molecule is COc1ccc(-c2cc3c(=O)oc4ccccc4c3oc2=S)cc1. The minimum Gasteiger partial charge on any atom is -0.497 e. The van der Waals surface area contributed by atoms with Crippen molar-refractivity contribution in [3.05, 3.63) is 69.7 Å². The van der Waals surface area contributed by atoms with E-state index in [4.69, 9.17) is 25.8 Å². The Labute approximate surface area is 141 Å². The monoisotopic (exact) mass is 336 g/mol. The maximum absolute atomic E-state index is 12.3. The van der Waals surface area contributed by atoms with Gasteiger partial charge in [-0.2, -0.15) is 0 Å². The fourth-order valence-corrected chi connectivity index (χ4v) is 2.95. The zero-order valence-electron chi connectivity index (χ0n) is 12.7. The number of para-hydroxylation sites is 1. The van der Waals surface area contributed by atoms with E-state index < -0.39 is 5.63 Å². The van der Waals surface area contributed by atoms with Gasteiger partial charge in [-0.05, 0) is 48.1 Å². The lowest BCUT2D eigenvalue weighted by atomic mass is 10.1. The first kappa shape index (κ1) is 14.7. The standard InChI is InChI=1S/C19H12O4S/c1-21-12-8-6-11(7-9-12)14-10-15-17(23-19(14)24)13-4-2-3-5-16(13)22-18(15)20/h2-10H,1H3. The van der Waals surface area contributed by atoms with E-state index in [-0.39, 0.29) is 0 Å². The average molecular weight is 336 g/mol. The van der Waals surface area contributed by atoms with Gasteiger partial charge in [0.15, 0.2) is 10.3 Å². The first-order chi connectivity index (χ1) is 11.7. The quantitative estimate of drug-likeness (QED) is 0.295. The molecule has 0 saturated heterocycles. The number of benzene rings is 2. The number of ether oxygens (including phenoxy) is 1. The van der Waals surface area contributed by atoms with Crippen molar-refractivity contribution >= 4 is 34.2 Å². The van der Waals surface area contributed by atoms with Crippen molar-refractivity contribution in [3.63, 3.8) is 0 Å². The first-order valence-electron chi connectivity index (χ1n) is 7.31. The molecule has 4 nitrogen and oxygen atoms in total. The lowest BCUT2D eigenvalue weighted by Gasteiger charge is -2.06. The lowest BCUT2D eigenvalue weighted by molar-refractivity contribution is 0.415. The van der Waals surface area contributed by atoms with Crippen molar-refractivity contribution in [3.8, 4) is 16.9 Å². The molecule has 2 heterocycles. The highest BCUT2D eigenvalue weighted by Crippen LogP contribution is 2.29. The zero-order chi connectivity index (χ0) is 16.7. The van der Waals surface area contributed by atoms with Gasteiger partial charge in [0.05, 0.1) is 12.5 Å². The van der Waals surface area contributed by atoms with Crippen molar-refractivity contribution < 1.29 is 13.6 Å². The van der Waals surface area contributed by atoms with Crippen LogP contribution in [0.15, 0.2) is 68.2 Å². The van der Waals surface area contributed by atoms with Crippen LogP contribution in [0.3, 0.4) is 0 Å². The van der Waals surface area contributed by atoms with E-state index in [0.717, 1.165) is 16.7 Å². The fourth-order valence-electron chi connectivity index (χ4n) is 2.69. The molecule has 2 aromatic carbocycles. The molecule has 0 aliphatic rings. The topological polar surface area (TPSA) is 52.6 Å². The molecule has 5 heteroatoms. The molecule has 0 radical (unpaired) electrons. The molecule has 0 aliphatic heterocycles. The summed E-state index contributed by atoms with van der Waals surface area (Å²) in [6.45, 7) is 0. The Bertz CT molecular complexity index is 1170. The third-order valence-electron chi connectivity index (χ3n) is 3.90. The molecule has 0 amide bonds. The molecule has 2 aromatic heterocycles. The summed E-state index contributed by atoms with van der Waals surface area (Å²) in [6, 6.07) is 16.4. The van der Waals surface area contributed by atoms with E-state index in [1.807, 2.05) is 36.4 Å². The van der Waals surface area contributed by atoms with Gasteiger partial charge in [0.25, 0.3) is 0 Å². The smallest absolute Gasteiger partial charge is 0.347 e. The van der Waals surface area contributed by atoms with Crippen LogP contribution in [-0.4, -0.2) is 7.11 Å². The minimum absolute atomic E-state index is 0.323. The van der Waals surface area contributed by atoms with Crippen LogP contribution < -0.4 is 10.4 Å². The van der Waals surface area contributed by atoms with Crippen LogP contribution in [0.25, 0.3) is 33.1 Å². The summed E-state index contributed by atoms with van der Waals surface area (Å²) in [5, 5.41) is 1.09. The largest absolute Gasteiger partial charge is 0.497 e. The van der Waals surface area contributed by atoms with Crippen LogP contribution >= 0.6 is 12.2 Å². The number of rotatable bonds is 2.